The van der Waals surface area contributed by atoms with Gasteiger partial charge in [-0.05, 0) is 36.8 Å². The number of nitrogens with one attached hydrogen (secondary N) is 3. The lowest BCUT2D eigenvalue weighted by Gasteiger charge is -2.06. The van der Waals surface area contributed by atoms with Crippen LogP contribution in [0.5, 0.6) is 0 Å². The standard InChI is InChI=1S/C21H20ClN3O3/c1-2-28-19(26)11-23-9-12-3-6-17-13(7-12)8-18(25-17)14-4-5-16(22)15-10-24-21(27)20(14)15/h3-8,23,25H,2,9-11H2,1H3,(H,24,27). The summed E-state index contributed by atoms with van der Waals surface area (Å²) in [5, 5.41) is 7.55. The van der Waals surface area contributed by atoms with E-state index in [4.69, 9.17) is 16.3 Å². The second kappa shape index (κ2) is 7.66. The molecule has 4 rings (SSSR count). The number of halogens is 1. The highest BCUT2D eigenvalue weighted by Crippen LogP contribution is 2.34. The molecule has 0 aliphatic carbocycles. The summed E-state index contributed by atoms with van der Waals surface area (Å²) in [6.07, 6.45) is 0. The minimum Gasteiger partial charge on any atom is -0.465 e. The van der Waals surface area contributed by atoms with Gasteiger partial charge in [-0.3, -0.25) is 9.59 Å². The molecule has 0 saturated heterocycles. The van der Waals surface area contributed by atoms with Gasteiger partial charge in [0.1, 0.15) is 0 Å². The Kier molecular flexibility index (Phi) is 5.07. The Hall–Kier alpha value is -2.83. The van der Waals surface area contributed by atoms with Crippen LogP contribution in [0.4, 0.5) is 0 Å². The van der Waals surface area contributed by atoms with Crippen LogP contribution >= 0.6 is 11.6 Å². The summed E-state index contributed by atoms with van der Waals surface area (Å²) < 4.78 is 4.91. The molecule has 0 saturated carbocycles. The maximum atomic E-state index is 12.3. The molecule has 0 atom stereocenters. The number of H-pyrrole nitrogens is 1. The fourth-order valence-corrected chi connectivity index (χ4v) is 3.72. The minimum absolute atomic E-state index is 0.102. The summed E-state index contributed by atoms with van der Waals surface area (Å²) in [6, 6.07) is 11.8. The van der Waals surface area contributed by atoms with Crippen molar-refractivity contribution in [3.05, 3.63) is 58.1 Å². The number of ether oxygens (including phenoxy) is 1. The molecule has 7 heteroatoms. The summed E-state index contributed by atoms with van der Waals surface area (Å²) in [7, 11) is 0. The topological polar surface area (TPSA) is 83.2 Å². The van der Waals surface area contributed by atoms with Gasteiger partial charge in [0.05, 0.1) is 18.7 Å². The molecular formula is C21H20ClN3O3. The fourth-order valence-electron chi connectivity index (χ4n) is 3.49. The number of benzene rings is 2. The molecule has 1 aromatic heterocycles. The molecule has 0 unspecified atom stereocenters. The minimum atomic E-state index is -0.262. The molecule has 1 aliphatic heterocycles. The van der Waals surface area contributed by atoms with E-state index in [0.29, 0.717) is 30.3 Å². The van der Waals surface area contributed by atoms with Crippen LogP contribution in [-0.2, 0) is 22.6 Å². The van der Waals surface area contributed by atoms with Crippen molar-refractivity contribution in [2.75, 3.05) is 13.2 Å². The highest BCUT2D eigenvalue weighted by Gasteiger charge is 2.26. The molecular weight excluding hydrogens is 378 g/mol. The third-order valence-electron chi connectivity index (χ3n) is 4.79. The molecule has 28 heavy (non-hydrogen) atoms. The van der Waals surface area contributed by atoms with E-state index in [-0.39, 0.29) is 18.4 Å². The number of rotatable bonds is 6. The van der Waals surface area contributed by atoms with Gasteiger partial charge in [0.15, 0.2) is 0 Å². The Morgan fingerprint density at radius 3 is 2.93 bits per heavy atom. The van der Waals surface area contributed by atoms with E-state index in [1.807, 2.05) is 30.3 Å². The van der Waals surface area contributed by atoms with Gasteiger partial charge in [-0.2, -0.15) is 0 Å². The molecule has 6 nitrogen and oxygen atoms in total. The number of amides is 1. The number of hydrogen-bond donors (Lipinski definition) is 3. The first-order valence-corrected chi connectivity index (χ1v) is 9.52. The summed E-state index contributed by atoms with van der Waals surface area (Å²) in [5.41, 5.74) is 5.22. The SMILES string of the molecule is CCOC(=O)CNCc1ccc2[nH]c(-c3ccc(Cl)c4c3C(=O)NC4)cc2c1. The van der Waals surface area contributed by atoms with Gasteiger partial charge in [0.2, 0.25) is 0 Å². The average Bonchev–Trinajstić information content (AvgIpc) is 3.27. The number of carbonyl (C=O) groups excluding carboxylic acids is 2. The molecule has 2 heterocycles. The molecule has 0 radical (unpaired) electrons. The lowest BCUT2D eigenvalue weighted by Crippen LogP contribution is -2.24. The fraction of sp³-hybridized carbons (Fsp3) is 0.238. The van der Waals surface area contributed by atoms with Crippen LogP contribution < -0.4 is 10.6 Å². The van der Waals surface area contributed by atoms with E-state index in [2.05, 4.69) is 21.7 Å². The third kappa shape index (κ3) is 3.48. The average molecular weight is 398 g/mol. The van der Waals surface area contributed by atoms with Gasteiger partial charge in [-0.1, -0.05) is 23.7 Å². The first kappa shape index (κ1) is 18.5. The lowest BCUT2D eigenvalue weighted by molar-refractivity contribution is -0.142. The van der Waals surface area contributed by atoms with Crippen molar-refractivity contribution in [1.29, 1.82) is 0 Å². The monoisotopic (exact) mass is 397 g/mol. The zero-order valence-corrected chi connectivity index (χ0v) is 16.2. The Labute approximate surface area is 167 Å². The van der Waals surface area contributed by atoms with Crippen molar-refractivity contribution in [3.63, 3.8) is 0 Å². The lowest BCUT2D eigenvalue weighted by atomic mass is 10.0. The molecule has 3 N–H and O–H groups in total. The Bertz CT molecular complexity index is 1070. The Balaban J connectivity index is 1.59. The molecule has 144 valence electrons. The van der Waals surface area contributed by atoms with Gasteiger partial charge >= 0.3 is 5.97 Å². The second-order valence-electron chi connectivity index (χ2n) is 6.64. The van der Waals surface area contributed by atoms with E-state index in [0.717, 1.165) is 33.3 Å². The molecule has 1 amide bonds. The highest BCUT2D eigenvalue weighted by atomic mass is 35.5. The number of aromatic amines is 1. The van der Waals surface area contributed by atoms with Crippen LogP contribution in [0.1, 0.15) is 28.4 Å². The second-order valence-corrected chi connectivity index (χ2v) is 7.05. The molecule has 0 bridgehead atoms. The van der Waals surface area contributed by atoms with Crippen molar-refractivity contribution in [2.24, 2.45) is 0 Å². The van der Waals surface area contributed by atoms with Crippen molar-refractivity contribution in [2.45, 2.75) is 20.0 Å². The van der Waals surface area contributed by atoms with Gasteiger partial charge in [-0.25, -0.2) is 0 Å². The predicted octanol–water partition coefficient (Wildman–Crippen LogP) is 3.38. The number of esters is 1. The van der Waals surface area contributed by atoms with Crippen molar-refractivity contribution >= 4 is 34.4 Å². The van der Waals surface area contributed by atoms with Gasteiger partial charge < -0.3 is 20.4 Å². The van der Waals surface area contributed by atoms with Crippen molar-refractivity contribution in [3.8, 4) is 11.3 Å². The maximum absolute atomic E-state index is 12.3. The van der Waals surface area contributed by atoms with E-state index in [1.165, 1.54) is 0 Å². The Morgan fingerprint density at radius 1 is 1.25 bits per heavy atom. The zero-order valence-electron chi connectivity index (χ0n) is 15.4. The van der Waals surface area contributed by atoms with E-state index >= 15 is 0 Å². The third-order valence-corrected chi connectivity index (χ3v) is 5.14. The summed E-state index contributed by atoms with van der Waals surface area (Å²) in [6.45, 7) is 3.36. The normalized spacial score (nSPS) is 12.9. The summed E-state index contributed by atoms with van der Waals surface area (Å²) in [5.74, 6) is -0.364. The molecule has 0 fully saturated rings. The zero-order chi connectivity index (χ0) is 19.7. The first-order chi connectivity index (χ1) is 13.6. The predicted molar refractivity (Wildman–Crippen MR) is 108 cm³/mol. The highest BCUT2D eigenvalue weighted by molar-refractivity contribution is 6.32. The largest absolute Gasteiger partial charge is 0.465 e. The number of hydrogen-bond acceptors (Lipinski definition) is 4. The molecule has 3 aromatic rings. The van der Waals surface area contributed by atoms with Crippen LogP contribution in [0, 0.1) is 0 Å². The van der Waals surface area contributed by atoms with Crippen LogP contribution in [0.25, 0.3) is 22.2 Å². The van der Waals surface area contributed by atoms with Crippen molar-refractivity contribution in [1.82, 2.24) is 15.6 Å². The molecule has 2 aromatic carbocycles. The number of aromatic nitrogens is 1. The van der Waals surface area contributed by atoms with Crippen LogP contribution in [0.15, 0.2) is 36.4 Å². The van der Waals surface area contributed by atoms with E-state index < -0.39 is 0 Å². The van der Waals surface area contributed by atoms with Gasteiger partial charge in [0.25, 0.3) is 5.91 Å². The molecule has 1 aliphatic rings. The van der Waals surface area contributed by atoms with E-state index in [9.17, 15) is 9.59 Å². The van der Waals surface area contributed by atoms with Gasteiger partial charge in [0, 0.05) is 45.8 Å². The van der Waals surface area contributed by atoms with Crippen LogP contribution in [0.2, 0.25) is 5.02 Å². The van der Waals surface area contributed by atoms with E-state index in [1.54, 1.807) is 6.92 Å². The first-order valence-electron chi connectivity index (χ1n) is 9.14. The summed E-state index contributed by atoms with van der Waals surface area (Å²) >= 11 is 6.24. The maximum Gasteiger partial charge on any atom is 0.319 e. The quantitative estimate of drug-likeness (QED) is 0.557. The number of fused-ring (bicyclic) bond motifs is 2. The molecule has 0 spiro atoms. The Morgan fingerprint density at radius 2 is 2.11 bits per heavy atom. The summed E-state index contributed by atoms with van der Waals surface area (Å²) in [4.78, 5) is 27.1. The van der Waals surface area contributed by atoms with Gasteiger partial charge in [-0.15, -0.1) is 0 Å². The number of carbonyl (C=O) groups is 2. The van der Waals surface area contributed by atoms with Crippen LogP contribution in [-0.4, -0.2) is 30.0 Å². The van der Waals surface area contributed by atoms with Crippen molar-refractivity contribution < 1.29 is 14.3 Å². The smallest absolute Gasteiger partial charge is 0.319 e. The van der Waals surface area contributed by atoms with Crippen LogP contribution in [0.3, 0.4) is 0 Å².